The first-order valence-electron chi connectivity index (χ1n) is 26.8. The minimum absolute atomic E-state index is 0.0947. The smallest absolute Gasteiger partial charge is 0.166 e. The van der Waals surface area contributed by atoms with Crippen molar-refractivity contribution in [2.75, 3.05) is 0 Å². The highest BCUT2D eigenvalue weighted by molar-refractivity contribution is 6.30. The third kappa shape index (κ3) is 4.39. The van der Waals surface area contributed by atoms with Crippen LogP contribution in [-0.2, 0) is 22.7 Å². The number of fused-ring (bicyclic) bond motifs is 17. The number of Topliss-reactive ketones (excluding diaryl/α,β-unsaturated/α-hetero) is 1. The van der Waals surface area contributed by atoms with Crippen molar-refractivity contribution in [2.45, 2.75) is 165 Å². The summed E-state index contributed by atoms with van der Waals surface area (Å²) in [6, 6.07) is 25.8. The Kier molecular flexibility index (Phi) is 7.17. The fraction of sp³-hybridized carbons (Fsp3) is 0.484. The molecule has 0 radical (unpaired) electrons. The molecule has 0 unspecified atom stereocenters. The summed E-state index contributed by atoms with van der Waals surface area (Å²) >= 11 is 0. The van der Waals surface area contributed by atoms with Gasteiger partial charge < -0.3 is 8.80 Å². The molecule has 0 saturated heterocycles. The molecule has 6 fully saturated rings. The molecule has 9 aliphatic carbocycles. The molecule has 4 aromatic heterocycles. The Labute approximate surface area is 387 Å². The normalized spacial score (nSPS) is 27.8. The first-order valence-corrected chi connectivity index (χ1v) is 26.8. The highest BCUT2D eigenvalue weighted by Gasteiger charge is 2.52. The number of benzene rings is 5. The van der Waals surface area contributed by atoms with Crippen molar-refractivity contribution in [1.29, 1.82) is 5.26 Å². The maximum absolute atomic E-state index is 14.4. The van der Waals surface area contributed by atoms with Crippen LogP contribution in [0.2, 0.25) is 0 Å². The van der Waals surface area contributed by atoms with Gasteiger partial charge in [-0.2, -0.15) is 5.26 Å². The fourth-order valence-corrected chi connectivity index (χ4v) is 18.7. The van der Waals surface area contributed by atoms with E-state index in [1.54, 1.807) is 5.56 Å². The van der Waals surface area contributed by atoms with Gasteiger partial charge in [-0.15, -0.1) is 0 Å². The second kappa shape index (κ2) is 12.5. The molecule has 9 aromatic rings. The Balaban J connectivity index is 1.06. The number of aromatic nitrogens is 2. The first kappa shape index (κ1) is 37.9. The zero-order valence-electron chi connectivity index (χ0n) is 39.3. The monoisotopic (exact) mass is 863 g/mol. The lowest BCUT2D eigenvalue weighted by Crippen LogP contribution is -2.48. The van der Waals surface area contributed by atoms with E-state index in [4.69, 9.17) is 0 Å². The van der Waals surface area contributed by atoms with Crippen LogP contribution in [-0.4, -0.2) is 14.6 Å². The SMILES string of the molecule is CCC(CC)(CC)c1cc2c3cc4c(cc3n3c5cc(C#N)c6c(c5c(c1)c23)CCC61CCCC1)c1cc(C23CC5CC(CC(C5)C2)C3)cc2c3cc5c(cc3n4c21)C(=O)C1CCC5CC1. The molecule has 0 aliphatic heterocycles. The Bertz CT molecular complexity index is 3650. The van der Waals surface area contributed by atoms with Crippen molar-refractivity contribution in [3.05, 3.63) is 93.5 Å². The van der Waals surface area contributed by atoms with Crippen LogP contribution in [0.4, 0.5) is 0 Å². The van der Waals surface area contributed by atoms with Crippen LogP contribution in [0.15, 0.2) is 54.6 Å². The number of aryl methyl sites for hydroxylation is 1. The van der Waals surface area contributed by atoms with E-state index in [0.29, 0.717) is 11.7 Å². The Hall–Kier alpha value is -5.14. The average molecular weight is 864 g/mol. The molecule has 4 heteroatoms. The Morgan fingerprint density at radius 2 is 1.18 bits per heavy atom. The van der Waals surface area contributed by atoms with E-state index >= 15 is 0 Å². The Morgan fingerprint density at radius 1 is 0.621 bits per heavy atom. The summed E-state index contributed by atoms with van der Waals surface area (Å²) in [5.41, 5.74) is 17.4. The number of rotatable bonds is 5. The molecule has 5 aromatic carbocycles. The van der Waals surface area contributed by atoms with Gasteiger partial charge in [0.25, 0.3) is 0 Å². The topological polar surface area (TPSA) is 49.7 Å². The van der Waals surface area contributed by atoms with Gasteiger partial charge in [-0.25, -0.2) is 0 Å². The summed E-state index contributed by atoms with van der Waals surface area (Å²) in [6.45, 7) is 7.20. The number of hydrogen-bond donors (Lipinski definition) is 0. The van der Waals surface area contributed by atoms with E-state index in [1.165, 1.54) is 169 Å². The number of carbonyl (C=O) groups is 1. The van der Waals surface area contributed by atoms with Crippen molar-refractivity contribution in [1.82, 2.24) is 8.80 Å². The lowest BCUT2D eigenvalue weighted by atomic mass is 9.48. The van der Waals surface area contributed by atoms with Crippen molar-refractivity contribution in [3.8, 4) is 6.07 Å². The molecular weight excluding hydrogens is 803 g/mol. The van der Waals surface area contributed by atoms with Gasteiger partial charge in [0.2, 0.25) is 0 Å². The molecule has 9 aliphatic rings. The fourth-order valence-electron chi connectivity index (χ4n) is 18.7. The third-order valence-corrected chi connectivity index (χ3v) is 21.6. The lowest BCUT2D eigenvalue weighted by Gasteiger charge is -2.57. The molecule has 4 heterocycles. The van der Waals surface area contributed by atoms with Crippen molar-refractivity contribution < 1.29 is 4.79 Å². The zero-order chi connectivity index (χ0) is 43.7. The van der Waals surface area contributed by atoms with Crippen LogP contribution in [0, 0.1) is 35.0 Å². The van der Waals surface area contributed by atoms with Crippen LogP contribution in [0.3, 0.4) is 0 Å². The van der Waals surface area contributed by atoms with E-state index < -0.39 is 0 Å². The highest BCUT2D eigenvalue weighted by atomic mass is 16.1. The number of ketones is 1. The summed E-state index contributed by atoms with van der Waals surface area (Å²) < 4.78 is 5.23. The van der Waals surface area contributed by atoms with E-state index in [2.05, 4.69) is 90.2 Å². The molecule has 0 amide bonds. The second-order valence-corrected chi connectivity index (χ2v) is 24.1. The molecule has 0 N–H and O–H groups in total. The predicted molar refractivity (Wildman–Crippen MR) is 270 cm³/mol. The first-order chi connectivity index (χ1) is 32.3. The number of carbonyl (C=O) groups excluding carboxylic acids is 1. The van der Waals surface area contributed by atoms with Gasteiger partial charge >= 0.3 is 0 Å². The highest BCUT2D eigenvalue weighted by Crippen LogP contribution is 2.62. The summed E-state index contributed by atoms with van der Waals surface area (Å²) in [4.78, 5) is 14.4. The molecule has 6 saturated carbocycles. The van der Waals surface area contributed by atoms with E-state index in [1.807, 2.05) is 0 Å². The summed E-state index contributed by atoms with van der Waals surface area (Å²) in [6.07, 6.45) is 23.3. The molecule has 18 rings (SSSR count). The largest absolute Gasteiger partial charge is 0.308 e. The maximum atomic E-state index is 14.4. The van der Waals surface area contributed by atoms with E-state index in [0.717, 1.165) is 80.2 Å². The molecule has 6 bridgehead atoms. The van der Waals surface area contributed by atoms with Crippen molar-refractivity contribution in [2.24, 2.45) is 23.7 Å². The van der Waals surface area contributed by atoms with Gasteiger partial charge in [0.05, 0.1) is 44.7 Å². The van der Waals surface area contributed by atoms with Crippen molar-refractivity contribution in [3.63, 3.8) is 0 Å². The number of nitriles is 1. The quantitative estimate of drug-likeness (QED) is 0.173. The van der Waals surface area contributed by atoms with Gasteiger partial charge in [-0.1, -0.05) is 33.6 Å². The van der Waals surface area contributed by atoms with Gasteiger partial charge in [-0.05, 0) is 231 Å². The molecular formula is C62H61N3O. The van der Waals surface area contributed by atoms with Gasteiger partial charge in [0.15, 0.2) is 5.78 Å². The lowest BCUT2D eigenvalue weighted by molar-refractivity contribution is -0.00508. The van der Waals surface area contributed by atoms with Crippen LogP contribution in [0.25, 0.3) is 76.2 Å². The molecule has 4 nitrogen and oxygen atoms in total. The molecule has 1 spiro atoms. The zero-order valence-corrected chi connectivity index (χ0v) is 39.3. The standard InChI is InChI=1S/C62H61N3O/c1-4-60(5-2,6-3)39-21-48-45-26-51-44(27-52(45)65-54-20-38(32-63)56-41(55(54)50(24-39)58(48)65)13-16-61(56)14-7-8-15-61)47-23-40(62-29-33-17-34(30-62)19-35(18-33)31-62)22-46-43-25-42-36-9-11-37(12-10-36)59(66)49(42)28-53(43)64(51)57(46)47/h20-28,33-37H,4-19,29-31H2,1-3H3. The maximum Gasteiger partial charge on any atom is 0.166 e. The van der Waals surface area contributed by atoms with Gasteiger partial charge in [0, 0.05) is 54.6 Å². The van der Waals surface area contributed by atoms with Crippen LogP contribution in [0.1, 0.15) is 186 Å². The molecule has 66 heavy (non-hydrogen) atoms. The predicted octanol–water partition coefficient (Wildman–Crippen LogP) is 16.0. The van der Waals surface area contributed by atoms with Crippen LogP contribution < -0.4 is 0 Å². The van der Waals surface area contributed by atoms with Gasteiger partial charge in [0.1, 0.15) is 0 Å². The van der Waals surface area contributed by atoms with Gasteiger partial charge in [-0.3, -0.25) is 4.79 Å². The Morgan fingerprint density at radius 3 is 1.82 bits per heavy atom. The minimum atomic E-state index is 0.0947. The summed E-state index contributed by atoms with van der Waals surface area (Å²) in [5, 5.41) is 22.0. The summed E-state index contributed by atoms with van der Waals surface area (Å²) in [5.74, 6) is 3.67. The minimum Gasteiger partial charge on any atom is -0.308 e. The van der Waals surface area contributed by atoms with E-state index in [9.17, 15) is 10.1 Å². The number of hydrogen-bond acceptors (Lipinski definition) is 2. The average Bonchev–Trinajstić information content (AvgIpc) is 4.19. The molecule has 0 atom stereocenters. The van der Waals surface area contributed by atoms with E-state index in [-0.39, 0.29) is 22.2 Å². The number of nitrogens with zero attached hydrogens (tertiary/aromatic N) is 3. The third-order valence-electron chi connectivity index (χ3n) is 21.6. The van der Waals surface area contributed by atoms with Crippen LogP contribution >= 0.6 is 0 Å². The summed E-state index contributed by atoms with van der Waals surface area (Å²) in [7, 11) is 0. The second-order valence-electron chi connectivity index (χ2n) is 24.1. The molecule has 330 valence electrons. The van der Waals surface area contributed by atoms with Crippen molar-refractivity contribution >= 4 is 82.0 Å². The van der Waals surface area contributed by atoms with Crippen LogP contribution in [0.5, 0.6) is 0 Å².